The van der Waals surface area contributed by atoms with Crippen LogP contribution in [0, 0.1) is 0 Å². The molecule has 0 saturated carbocycles. The number of hydrogen-bond donors (Lipinski definition) is 2. The normalized spacial score (nSPS) is 13.0. The molecule has 122 valence electrons. The predicted molar refractivity (Wildman–Crippen MR) is 80.0 cm³/mol. The molecule has 0 atom stereocenters. The summed E-state index contributed by atoms with van der Waals surface area (Å²) in [5, 5.41) is 0. The van der Waals surface area contributed by atoms with E-state index in [0.717, 1.165) is 0 Å². The fourth-order valence-corrected chi connectivity index (χ4v) is 2.50. The number of halogens is 4. The smallest absolute Gasteiger partial charge is 0.337 e. The van der Waals surface area contributed by atoms with E-state index >= 15 is 0 Å². The van der Waals surface area contributed by atoms with Gasteiger partial charge in [0.05, 0.1) is 22.1 Å². The maximum atomic E-state index is 14.5. The van der Waals surface area contributed by atoms with Crippen LogP contribution in [0.25, 0.3) is 22.1 Å². The molecule has 4 rings (SSSR count). The molecule has 0 fully saturated rings. The highest BCUT2D eigenvalue weighted by molar-refractivity contribution is 5.76. The SMILES string of the molecule is FC(F)(c1nc2ccccc2[nH]1)C(F)(F)c1nc2ccccc2[nH]1. The Hall–Kier alpha value is -2.90. The van der Waals surface area contributed by atoms with Crippen molar-refractivity contribution in [1.82, 2.24) is 19.9 Å². The van der Waals surface area contributed by atoms with E-state index in [4.69, 9.17) is 0 Å². The van der Waals surface area contributed by atoms with Crippen LogP contribution in [-0.4, -0.2) is 19.9 Å². The highest BCUT2D eigenvalue weighted by Gasteiger charge is 2.62. The summed E-state index contributed by atoms with van der Waals surface area (Å²) in [6.45, 7) is 0. The first-order valence-electron chi connectivity index (χ1n) is 7.06. The fourth-order valence-electron chi connectivity index (χ4n) is 2.50. The Balaban J connectivity index is 1.83. The van der Waals surface area contributed by atoms with Gasteiger partial charge in [-0.15, -0.1) is 0 Å². The van der Waals surface area contributed by atoms with Crippen LogP contribution >= 0.6 is 0 Å². The summed E-state index contributed by atoms with van der Waals surface area (Å²) in [4.78, 5) is 11.7. The van der Waals surface area contributed by atoms with E-state index in [0.29, 0.717) is 0 Å². The summed E-state index contributed by atoms with van der Waals surface area (Å²) < 4.78 is 57.9. The molecule has 4 nitrogen and oxygen atoms in total. The Morgan fingerprint density at radius 3 is 1.38 bits per heavy atom. The lowest BCUT2D eigenvalue weighted by Crippen LogP contribution is -2.37. The molecule has 0 saturated heterocycles. The number of hydrogen-bond acceptors (Lipinski definition) is 2. The largest absolute Gasteiger partial charge is 0.374 e. The van der Waals surface area contributed by atoms with Crippen molar-refractivity contribution in [1.29, 1.82) is 0 Å². The van der Waals surface area contributed by atoms with Crippen LogP contribution in [0.5, 0.6) is 0 Å². The third kappa shape index (κ3) is 1.99. The van der Waals surface area contributed by atoms with Gasteiger partial charge in [-0.1, -0.05) is 24.3 Å². The molecule has 8 heteroatoms. The van der Waals surface area contributed by atoms with E-state index < -0.39 is 23.5 Å². The molecule has 0 radical (unpaired) electrons. The first-order valence-corrected chi connectivity index (χ1v) is 7.06. The lowest BCUT2D eigenvalue weighted by atomic mass is 10.1. The highest BCUT2D eigenvalue weighted by Crippen LogP contribution is 2.48. The number of alkyl halides is 4. The monoisotopic (exact) mass is 334 g/mol. The molecule has 2 aromatic heterocycles. The van der Waals surface area contributed by atoms with Crippen molar-refractivity contribution in [3.05, 3.63) is 60.2 Å². The number of nitrogens with one attached hydrogen (secondary N) is 2. The summed E-state index contributed by atoms with van der Waals surface area (Å²) in [6, 6.07) is 12.3. The summed E-state index contributed by atoms with van der Waals surface area (Å²) in [7, 11) is 0. The maximum absolute atomic E-state index is 14.5. The van der Waals surface area contributed by atoms with Gasteiger partial charge in [0.1, 0.15) is 0 Å². The third-order valence-corrected chi connectivity index (χ3v) is 3.77. The lowest BCUT2D eigenvalue weighted by Gasteiger charge is -2.22. The molecular weight excluding hydrogens is 324 g/mol. The Morgan fingerprint density at radius 1 is 0.625 bits per heavy atom. The van der Waals surface area contributed by atoms with Crippen LogP contribution in [-0.2, 0) is 11.8 Å². The van der Waals surface area contributed by atoms with Gasteiger partial charge in [-0.25, -0.2) is 9.97 Å². The second-order valence-electron chi connectivity index (χ2n) is 5.35. The Morgan fingerprint density at radius 2 is 1.00 bits per heavy atom. The number of para-hydroxylation sites is 4. The number of benzene rings is 2. The number of H-pyrrole nitrogens is 2. The molecule has 0 aliphatic heterocycles. The van der Waals surface area contributed by atoms with Crippen molar-refractivity contribution in [3.63, 3.8) is 0 Å². The van der Waals surface area contributed by atoms with Gasteiger partial charge in [-0.2, -0.15) is 17.6 Å². The van der Waals surface area contributed by atoms with Crippen molar-refractivity contribution >= 4 is 22.1 Å². The molecule has 0 aliphatic rings. The fraction of sp³-hybridized carbons (Fsp3) is 0.125. The Labute approximate surface area is 132 Å². The molecule has 0 bridgehead atoms. The van der Waals surface area contributed by atoms with E-state index in [9.17, 15) is 17.6 Å². The molecule has 4 aromatic rings. The zero-order valence-electron chi connectivity index (χ0n) is 12.0. The van der Waals surface area contributed by atoms with Gasteiger partial charge in [-0.3, -0.25) is 0 Å². The molecule has 2 aromatic carbocycles. The van der Waals surface area contributed by atoms with Crippen LogP contribution in [0.3, 0.4) is 0 Å². The topological polar surface area (TPSA) is 57.4 Å². The van der Waals surface area contributed by atoms with Crippen LogP contribution < -0.4 is 0 Å². The summed E-state index contributed by atoms with van der Waals surface area (Å²) in [5.74, 6) is -11.3. The summed E-state index contributed by atoms with van der Waals surface area (Å²) in [6.07, 6.45) is 0. The van der Waals surface area contributed by atoms with Crippen molar-refractivity contribution in [2.75, 3.05) is 0 Å². The van der Waals surface area contributed by atoms with Crippen LogP contribution in [0.4, 0.5) is 17.6 Å². The first kappa shape index (κ1) is 14.7. The molecule has 2 heterocycles. The van der Waals surface area contributed by atoms with Crippen LogP contribution in [0.15, 0.2) is 48.5 Å². The molecule has 0 unspecified atom stereocenters. The van der Waals surface area contributed by atoms with Crippen LogP contribution in [0.1, 0.15) is 11.6 Å². The molecular formula is C16H10F4N4. The van der Waals surface area contributed by atoms with E-state index in [1.165, 1.54) is 24.3 Å². The minimum Gasteiger partial charge on any atom is -0.337 e. The van der Waals surface area contributed by atoms with Gasteiger partial charge < -0.3 is 9.97 Å². The van der Waals surface area contributed by atoms with Gasteiger partial charge in [0.15, 0.2) is 11.6 Å². The van der Waals surface area contributed by atoms with E-state index in [-0.39, 0.29) is 22.1 Å². The minimum absolute atomic E-state index is 0.188. The summed E-state index contributed by atoms with van der Waals surface area (Å²) >= 11 is 0. The first-order chi connectivity index (χ1) is 11.4. The second kappa shape index (κ2) is 4.80. The van der Waals surface area contributed by atoms with Crippen LogP contribution in [0.2, 0.25) is 0 Å². The number of nitrogens with zero attached hydrogens (tertiary/aromatic N) is 2. The minimum atomic E-state index is -4.56. The maximum Gasteiger partial charge on any atom is 0.374 e. The quantitative estimate of drug-likeness (QED) is 0.548. The van der Waals surface area contributed by atoms with E-state index in [1.54, 1.807) is 24.3 Å². The van der Waals surface area contributed by atoms with Gasteiger partial charge >= 0.3 is 11.8 Å². The molecule has 0 spiro atoms. The van der Waals surface area contributed by atoms with Crippen molar-refractivity contribution in [3.8, 4) is 0 Å². The average Bonchev–Trinajstić information content (AvgIpc) is 3.19. The standard InChI is InChI=1S/C16H10F4N4/c17-15(18,13-21-9-5-1-2-6-10(9)22-13)16(19,20)14-23-11-7-3-4-8-12(11)24-14/h1-8H,(H,21,22)(H,23,24). The third-order valence-electron chi connectivity index (χ3n) is 3.77. The van der Waals surface area contributed by atoms with Gasteiger partial charge in [0.25, 0.3) is 0 Å². The second-order valence-corrected chi connectivity index (χ2v) is 5.35. The van der Waals surface area contributed by atoms with Crippen molar-refractivity contribution < 1.29 is 17.6 Å². The number of aromatic amines is 2. The van der Waals surface area contributed by atoms with Crippen molar-refractivity contribution in [2.45, 2.75) is 11.8 Å². The van der Waals surface area contributed by atoms with Gasteiger partial charge in [-0.05, 0) is 24.3 Å². The Bertz CT molecular complexity index is 885. The Kier molecular flexibility index (Phi) is 2.93. The van der Waals surface area contributed by atoms with Crippen molar-refractivity contribution in [2.24, 2.45) is 0 Å². The zero-order chi connectivity index (χ0) is 16.9. The predicted octanol–water partition coefficient (Wildman–Crippen LogP) is 4.32. The summed E-state index contributed by atoms with van der Waals surface area (Å²) in [5.41, 5.74) is 0.889. The number of fused-ring (bicyclic) bond motifs is 2. The highest BCUT2D eigenvalue weighted by atomic mass is 19.3. The van der Waals surface area contributed by atoms with E-state index in [1.807, 2.05) is 0 Å². The molecule has 0 amide bonds. The molecule has 24 heavy (non-hydrogen) atoms. The lowest BCUT2D eigenvalue weighted by molar-refractivity contribution is -0.231. The number of imidazole rings is 2. The number of rotatable bonds is 3. The van der Waals surface area contributed by atoms with E-state index in [2.05, 4.69) is 19.9 Å². The zero-order valence-corrected chi connectivity index (χ0v) is 12.0. The van der Waals surface area contributed by atoms with Gasteiger partial charge in [0, 0.05) is 0 Å². The molecule has 0 aliphatic carbocycles. The number of aromatic nitrogens is 4. The average molecular weight is 334 g/mol. The molecule has 2 N–H and O–H groups in total. The van der Waals surface area contributed by atoms with Gasteiger partial charge in [0.2, 0.25) is 0 Å².